The van der Waals surface area contributed by atoms with Crippen LogP contribution >= 0.6 is 11.8 Å². The summed E-state index contributed by atoms with van der Waals surface area (Å²) in [7, 11) is 1.61. The van der Waals surface area contributed by atoms with Crippen molar-refractivity contribution in [3.63, 3.8) is 0 Å². The number of methoxy groups -OCH3 is 1. The second-order valence-corrected chi connectivity index (χ2v) is 4.56. The smallest absolute Gasteiger partial charge is 0.122 e. The normalized spacial score (nSPS) is 12.5. The van der Waals surface area contributed by atoms with Crippen LogP contribution in [0.5, 0.6) is 5.75 Å². The molecule has 0 bridgehead atoms. The highest BCUT2D eigenvalue weighted by atomic mass is 32.2. The van der Waals surface area contributed by atoms with Crippen LogP contribution in [0.2, 0.25) is 0 Å². The highest BCUT2D eigenvalue weighted by Gasteiger charge is 2.05. The molecule has 0 aromatic heterocycles. The Bertz CT molecular complexity index is 304. The molecule has 1 aromatic carbocycles. The van der Waals surface area contributed by atoms with E-state index >= 15 is 0 Å². The second-order valence-electron chi connectivity index (χ2n) is 3.05. The molecule has 3 N–H and O–H groups in total. The molecule has 0 heterocycles. The summed E-state index contributed by atoms with van der Waals surface area (Å²) < 4.78 is 5.10. The average Bonchev–Trinajstić information content (AvgIpc) is 2.16. The monoisotopic (exact) mass is 213 g/mol. The van der Waals surface area contributed by atoms with E-state index in [9.17, 15) is 0 Å². The molecule has 0 aliphatic rings. The minimum atomic E-state index is 0.155. The van der Waals surface area contributed by atoms with Crippen LogP contribution in [-0.4, -0.2) is 24.1 Å². The molecule has 3 nitrogen and oxygen atoms in total. The first kappa shape index (κ1) is 11.2. The lowest BCUT2D eigenvalue weighted by Crippen LogP contribution is -2.01. The lowest BCUT2D eigenvalue weighted by Gasteiger charge is -2.09. The van der Waals surface area contributed by atoms with Gasteiger partial charge >= 0.3 is 0 Å². The fraction of sp³-hybridized carbons (Fsp3) is 0.400. The molecule has 0 saturated heterocycles. The Kier molecular flexibility index (Phi) is 4.10. The minimum Gasteiger partial charge on any atom is -0.497 e. The van der Waals surface area contributed by atoms with Crippen molar-refractivity contribution in [3.05, 3.63) is 18.2 Å². The number of anilines is 1. The third-order valence-electron chi connectivity index (χ3n) is 1.73. The molecular weight excluding hydrogens is 198 g/mol. The number of aliphatic hydroxyl groups excluding tert-OH is 1. The fourth-order valence-electron chi connectivity index (χ4n) is 1.05. The van der Waals surface area contributed by atoms with Crippen molar-refractivity contribution in [3.8, 4) is 5.75 Å². The summed E-state index contributed by atoms with van der Waals surface area (Å²) in [6.45, 7) is 2.11. The van der Waals surface area contributed by atoms with E-state index < -0.39 is 0 Å². The molecule has 0 amide bonds. The summed E-state index contributed by atoms with van der Waals surface area (Å²) in [5.41, 5.74) is 6.37. The van der Waals surface area contributed by atoms with Crippen molar-refractivity contribution < 1.29 is 9.84 Å². The Balaban J connectivity index is 2.81. The fourth-order valence-corrected chi connectivity index (χ4v) is 1.98. The highest BCUT2D eigenvalue weighted by molar-refractivity contribution is 8.00. The maximum Gasteiger partial charge on any atom is 0.122 e. The predicted molar refractivity (Wildman–Crippen MR) is 59.8 cm³/mol. The molecule has 0 saturated carbocycles. The van der Waals surface area contributed by atoms with E-state index in [1.807, 2.05) is 19.1 Å². The Labute approximate surface area is 88.3 Å². The van der Waals surface area contributed by atoms with Gasteiger partial charge in [0.1, 0.15) is 5.75 Å². The average molecular weight is 213 g/mol. The van der Waals surface area contributed by atoms with E-state index in [4.69, 9.17) is 15.6 Å². The van der Waals surface area contributed by atoms with Gasteiger partial charge in [-0.15, -0.1) is 11.8 Å². The van der Waals surface area contributed by atoms with Crippen LogP contribution in [0.4, 0.5) is 5.69 Å². The van der Waals surface area contributed by atoms with E-state index in [1.54, 1.807) is 24.9 Å². The van der Waals surface area contributed by atoms with E-state index in [0.717, 1.165) is 10.6 Å². The number of ether oxygens (including phenoxy) is 1. The maximum absolute atomic E-state index is 8.91. The van der Waals surface area contributed by atoms with Crippen molar-refractivity contribution in [2.45, 2.75) is 17.1 Å². The zero-order valence-electron chi connectivity index (χ0n) is 8.36. The van der Waals surface area contributed by atoms with Gasteiger partial charge in [-0.05, 0) is 12.1 Å². The SMILES string of the molecule is COc1cc(N)cc(SC(C)CO)c1. The van der Waals surface area contributed by atoms with Crippen molar-refractivity contribution in [2.75, 3.05) is 19.5 Å². The zero-order chi connectivity index (χ0) is 10.6. The standard InChI is InChI=1S/C10H15NO2S/c1-7(6-12)14-10-4-8(11)3-9(5-10)13-2/h3-5,7,12H,6,11H2,1-2H3. The van der Waals surface area contributed by atoms with Crippen LogP contribution in [0.3, 0.4) is 0 Å². The number of nitrogen functional groups attached to an aromatic ring is 1. The van der Waals surface area contributed by atoms with E-state index in [-0.39, 0.29) is 11.9 Å². The molecule has 1 rings (SSSR count). The summed E-state index contributed by atoms with van der Waals surface area (Å²) >= 11 is 1.58. The van der Waals surface area contributed by atoms with Crippen LogP contribution in [0.1, 0.15) is 6.92 Å². The van der Waals surface area contributed by atoms with Crippen molar-refractivity contribution in [1.29, 1.82) is 0 Å². The number of thioether (sulfide) groups is 1. The van der Waals surface area contributed by atoms with E-state index in [1.165, 1.54) is 0 Å². The second kappa shape index (κ2) is 5.12. The summed E-state index contributed by atoms with van der Waals surface area (Å²) in [5, 5.41) is 9.08. The minimum absolute atomic E-state index is 0.155. The number of benzene rings is 1. The predicted octanol–water partition coefficient (Wildman–Crippen LogP) is 1.75. The first-order chi connectivity index (χ1) is 6.65. The maximum atomic E-state index is 8.91. The number of aliphatic hydroxyl groups is 1. The molecule has 14 heavy (non-hydrogen) atoms. The van der Waals surface area contributed by atoms with Crippen molar-refractivity contribution in [2.24, 2.45) is 0 Å². The summed E-state index contributed by atoms with van der Waals surface area (Å²) in [6, 6.07) is 5.56. The van der Waals surface area contributed by atoms with Gasteiger partial charge in [0.05, 0.1) is 13.7 Å². The summed E-state index contributed by atoms with van der Waals surface area (Å²) in [6.07, 6.45) is 0. The van der Waals surface area contributed by atoms with Gasteiger partial charge in [0, 0.05) is 21.9 Å². The zero-order valence-corrected chi connectivity index (χ0v) is 9.17. The van der Waals surface area contributed by atoms with E-state index in [0.29, 0.717) is 5.69 Å². The van der Waals surface area contributed by atoms with Gasteiger partial charge in [-0.2, -0.15) is 0 Å². The molecule has 1 atom stereocenters. The molecular formula is C10H15NO2S. The molecule has 78 valence electrons. The Morgan fingerprint density at radius 1 is 1.50 bits per heavy atom. The third kappa shape index (κ3) is 3.12. The molecule has 0 aliphatic carbocycles. The quantitative estimate of drug-likeness (QED) is 0.591. The van der Waals surface area contributed by atoms with Crippen molar-refractivity contribution in [1.82, 2.24) is 0 Å². The largest absolute Gasteiger partial charge is 0.497 e. The molecule has 0 aliphatic heterocycles. The van der Waals surface area contributed by atoms with Crippen molar-refractivity contribution >= 4 is 17.4 Å². The van der Waals surface area contributed by atoms with Crippen LogP contribution in [-0.2, 0) is 0 Å². The number of rotatable bonds is 4. The molecule has 0 radical (unpaired) electrons. The van der Waals surface area contributed by atoms with Gasteiger partial charge in [-0.3, -0.25) is 0 Å². The topological polar surface area (TPSA) is 55.5 Å². The third-order valence-corrected chi connectivity index (χ3v) is 2.79. The first-order valence-electron chi connectivity index (χ1n) is 4.37. The summed E-state index contributed by atoms with van der Waals surface area (Å²) in [5.74, 6) is 0.748. The summed E-state index contributed by atoms with van der Waals surface area (Å²) in [4.78, 5) is 1.02. The Morgan fingerprint density at radius 2 is 2.21 bits per heavy atom. The number of hydrogen-bond acceptors (Lipinski definition) is 4. The highest BCUT2D eigenvalue weighted by Crippen LogP contribution is 2.29. The van der Waals surface area contributed by atoms with Crippen LogP contribution < -0.4 is 10.5 Å². The molecule has 1 unspecified atom stereocenters. The van der Waals surface area contributed by atoms with Gasteiger partial charge in [-0.1, -0.05) is 6.92 Å². The van der Waals surface area contributed by atoms with Gasteiger partial charge in [0.15, 0.2) is 0 Å². The lowest BCUT2D eigenvalue weighted by atomic mass is 10.3. The molecule has 0 fully saturated rings. The molecule has 1 aromatic rings. The molecule has 0 spiro atoms. The first-order valence-corrected chi connectivity index (χ1v) is 5.25. The van der Waals surface area contributed by atoms with Gasteiger partial charge < -0.3 is 15.6 Å². The van der Waals surface area contributed by atoms with Gasteiger partial charge in [0.2, 0.25) is 0 Å². The van der Waals surface area contributed by atoms with Crippen LogP contribution in [0.25, 0.3) is 0 Å². The Hall–Kier alpha value is -0.870. The van der Waals surface area contributed by atoms with Gasteiger partial charge in [0.25, 0.3) is 0 Å². The van der Waals surface area contributed by atoms with Gasteiger partial charge in [-0.25, -0.2) is 0 Å². The lowest BCUT2D eigenvalue weighted by molar-refractivity contribution is 0.300. The number of nitrogens with two attached hydrogens (primary N) is 1. The van der Waals surface area contributed by atoms with Crippen LogP contribution in [0, 0.1) is 0 Å². The Morgan fingerprint density at radius 3 is 2.79 bits per heavy atom. The van der Waals surface area contributed by atoms with E-state index in [2.05, 4.69) is 0 Å². The van der Waals surface area contributed by atoms with Crippen LogP contribution in [0.15, 0.2) is 23.1 Å². The molecule has 4 heteroatoms. The number of hydrogen-bond donors (Lipinski definition) is 2.